The zero-order chi connectivity index (χ0) is 15.6. The van der Waals surface area contributed by atoms with Crippen LogP contribution in [0.2, 0.25) is 10.0 Å². The molecule has 0 aliphatic heterocycles. The quantitative estimate of drug-likeness (QED) is 0.928. The predicted octanol–water partition coefficient (Wildman–Crippen LogP) is 3.04. The fourth-order valence-corrected chi connectivity index (χ4v) is 2.57. The molecule has 5 nitrogen and oxygen atoms in total. The third-order valence-corrected chi connectivity index (χ3v) is 4.40. The predicted molar refractivity (Wildman–Crippen MR) is 81.8 cm³/mol. The van der Waals surface area contributed by atoms with Crippen molar-refractivity contribution < 1.29 is 13.2 Å². The zero-order valence-corrected chi connectivity index (χ0v) is 13.1. The van der Waals surface area contributed by atoms with Gasteiger partial charge in [-0.15, -0.1) is 0 Å². The van der Waals surface area contributed by atoms with E-state index in [1.807, 2.05) is 0 Å². The van der Waals surface area contributed by atoms with Gasteiger partial charge in [0.15, 0.2) is 9.84 Å². The number of hydrogen-bond donors (Lipinski definition) is 1. The van der Waals surface area contributed by atoms with Crippen LogP contribution in [0.15, 0.2) is 41.6 Å². The van der Waals surface area contributed by atoms with Gasteiger partial charge in [-0.05, 0) is 24.3 Å². The molecule has 0 radical (unpaired) electrons. The summed E-state index contributed by atoms with van der Waals surface area (Å²) < 4.78 is 23.0. The molecule has 21 heavy (non-hydrogen) atoms. The Morgan fingerprint density at radius 1 is 1.19 bits per heavy atom. The van der Waals surface area contributed by atoms with Gasteiger partial charge < -0.3 is 5.32 Å². The summed E-state index contributed by atoms with van der Waals surface area (Å²) >= 11 is 11.9. The average Bonchev–Trinajstić information content (AvgIpc) is 2.40. The van der Waals surface area contributed by atoms with Crippen molar-refractivity contribution >= 4 is 44.6 Å². The van der Waals surface area contributed by atoms with E-state index in [1.165, 1.54) is 36.7 Å². The lowest BCUT2D eigenvalue weighted by Gasteiger charge is -2.09. The highest BCUT2D eigenvalue weighted by atomic mass is 35.5. The number of halogens is 2. The molecule has 2 rings (SSSR count). The molecule has 1 N–H and O–H groups in total. The van der Waals surface area contributed by atoms with Crippen LogP contribution in [0.3, 0.4) is 0 Å². The van der Waals surface area contributed by atoms with Crippen molar-refractivity contribution in [2.45, 2.75) is 4.90 Å². The van der Waals surface area contributed by atoms with E-state index in [1.54, 1.807) is 0 Å². The third-order valence-electron chi connectivity index (χ3n) is 2.63. The maximum absolute atomic E-state index is 12.1. The third kappa shape index (κ3) is 3.72. The van der Waals surface area contributed by atoms with Crippen molar-refractivity contribution in [2.75, 3.05) is 11.6 Å². The van der Waals surface area contributed by atoms with E-state index in [-0.39, 0.29) is 26.2 Å². The molecule has 0 saturated heterocycles. The lowest BCUT2D eigenvalue weighted by atomic mass is 10.2. The van der Waals surface area contributed by atoms with Crippen LogP contribution in [-0.2, 0) is 9.84 Å². The number of pyridine rings is 1. The minimum atomic E-state index is -3.40. The van der Waals surface area contributed by atoms with Crippen molar-refractivity contribution in [3.8, 4) is 0 Å². The van der Waals surface area contributed by atoms with E-state index < -0.39 is 15.7 Å². The Morgan fingerprint density at radius 2 is 1.90 bits per heavy atom. The highest BCUT2D eigenvalue weighted by molar-refractivity contribution is 7.90. The van der Waals surface area contributed by atoms with Gasteiger partial charge in [-0.2, -0.15) is 0 Å². The molecule has 8 heteroatoms. The Labute approximate surface area is 131 Å². The van der Waals surface area contributed by atoms with Gasteiger partial charge in [0, 0.05) is 18.6 Å². The minimum absolute atomic E-state index is 0.0551. The molecule has 0 aliphatic rings. The Bertz CT molecular complexity index is 807. The summed E-state index contributed by atoms with van der Waals surface area (Å²) in [6.07, 6.45) is 3.84. The summed E-state index contributed by atoms with van der Waals surface area (Å²) in [7, 11) is -3.40. The topological polar surface area (TPSA) is 76.1 Å². The molecule has 0 atom stereocenters. The molecule has 2 aromatic rings. The van der Waals surface area contributed by atoms with Gasteiger partial charge in [-0.3, -0.25) is 9.78 Å². The molecule has 0 aliphatic carbocycles. The Kier molecular flexibility index (Phi) is 4.51. The van der Waals surface area contributed by atoms with Gasteiger partial charge in [-0.25, -0.2) is 8.42 Å². The number of sulfone groups is 1. The monoisotopic (exact) mass is 344 g/mol. The Hall–Kier alpha value is -1.63. The molecule has 0 bridgehead atoms. The first-order valence-corrected chi connectivity index (χ1v) is 8.34. The molecule has 1 amide bonds. The molecule has 1 aromatic heterocycles. The second-order valence-corrected chi connectivity index (χ2v) is 7.05. The first-order valence-electron chi connectivity index (χ1n) is 5.69. The molecule has 1 aromatic carbocycles. The van der Waals surface area contributed by atoms with Crippen LogP contribution in [0.25, 0.3) is 0 Å². The summed E-state index contributed by atoms with van der Waals surface area (Å²) in [6.45, 7) is 0. The van der Waals surface area contributed by atoms with Crippen LogP contribution in [0, 0.1) is 0 Å². The molecular formula is C13H10Cl2N2O3S. The average molecular weight is 345 g/mol. The standard InChI is InChI=1S/C13H10Cl2N2O3S/c1-21(19,20)8-2-3-11(15)12(6-8)17-13(18)9-7-16-5-4-10(9)14/h2-7H,1H3,(H,17,18). The largest absolute Gasteiger partial charge is 0.320 e. The normalized spacial score (nSPS) is 11.2. The number of carbonyl (C=O) groups excluding carboxylic acids is 1. The van der Waals surface area contributed by atoms with Crippen LogP contribution in [0.5, 0.6) is 0 Å². The van der Waals surface area contributed by atoms with Crippen LogP contribution >= 0.6 is 23.2 Å². The van der Waals surface area contributed by atoms with E-state index in [0.29, 0.717) is 0 Å². The fraction of sp³-hybridized carbons (Fsp3) is 0.0769. The van der Waals surface area contributed by atoms with Crippen molar-refractivity contribution in [2.24, 2.45) is 0 Å². The first kappa shape index (κ1) is 15.8. The molecular weight excluding hydrogens is 335 g/mol. The summed E-state index contributed by atoms with van der Waals surface area (Å²) in [4.78, 5) is 16.0. The fourth-order valence-electron chi connectivity index (χ4n) is 1.57. The number of nitrogens with one attached hydrogen (secondary N) is 1. The summed E-state index contributed by atoms with van der Waals surface area (Å²) in [5.74, 6) is -0.527. The Morgan fingerprint density at radius 3 is 2.52 bits per heavy atom. The number of anilines is 1. The minimum Gasteiger partial charge on any atom is -0.320 e. The zero-order valence-electron chi connectivity index (χ0n) is 10.8. The highest BCUT2D eigenvalue weighted by Gasteiger charge is 2.15. The van der Waals surface area contributed by atoms with Crippen molar-refractivity contribution in [3.05, 3.63) is 52.3 Å². The number of aromatic nitrogens is 1. The van der Waals surface area contributed by atoms with Crippen LogP contribution in [0.1, 0.15) is 10.4 Å². The molecule has 110 valence electrons. The summed E-state index contributed by atoms with van der Waals surface area (Å²) in [6, 6.07) is 5.54. The second kappa shape index (κ2) is 6.01. The van der Waals surface area contributed by atoms with Crippen LogP contribution in [0.4, 0.5) is 5.69 Å². The highest BCUT2D eigenvalue weighted by Crippen LogP contribution is 2.26. The molecule has 0 unspecified atom stereocenters. The van der Waals surface area contributed by atoms with Gasteiger partial charge in [0.1, 0.15) is 0 Å². The lowest BCUT2D eigenvalue weighted by molar-refractivity contribution is 0.102. The van der Waals surface area contributed by atoms with Gasteiger partial charge in [-0.1, -0.05) is 23.2 Å². The van der Waals surface area contributed by atoms with Crippen LogP contribution in [-0.4, -0.2) is 25.6 Å². The lowest BCUT2D eigenvalue weighted by Crippen LogP contribution is -2.13. The summed E-state index contributed by atoms with van der Waals surface area (Å²) in [5.41, 5.74) is 0.351. The van der Waals surface area contributed by atoms with E-state index in [2.05, 4.69) is 10.3 Å². The number of carbonyl (C=O) groups is 1. The SMILES string of the molecule is CS(=O)(=O)c1ccc(Cl)c(NC(=O)c2cnccc2Cl)c1. The smallest absolute Gasteiger partial charge is 0.258 e. The van der Waals surface area contributed by atoms with Gasteiger partial charge >= 0.3 is 0 Å². The molecule has 0 saturated carbocycles. The van der Waals surface area contributed by atoms with Crippen molar-refractivity contribution in [1.29, 1.82) is 0 Å². The van der Waals surface area contributed by atoms with Crippen molar-refractivity contribution in [3.63, 3.8) is 0 Å². The van der Waals surface area contributed by atoms with Gasteiger partial charge in [0.05, 0.1) is 26.2 Å². The van der Waals surface area contributed by atoms with Gasteiger partial charge in [0.2, 0.25) is 0 Å². The summed E-state index contributed by atoms with van der Waals surface area (Å²) in [5, 5.41) is 2.97. The second-order valence-electron chi connectivity index (χ2n) is 4.22. The maximum Gasteiger partial charge on any atom is 0.258 e. The Balaban J connectivity index is 2.36. The van der Waals surface area contributed by atoms with E-state index >= 15 is 0 Å². The number of amides is 1. The maximum atomic E-state index is 12.1. The molecule has 0 spiro atoms. The van der Waals surface area contributed by atoms with Gasteiger partial charge in [0.25, 0.3) is 5.91 Å². The van der Waals surface area contributed by atoms with E-state index in [4.69, 9.17) is 23.2 Å². The first-order chi connectivity index (χ1) is 9.79. The molecule has 0 fully saturated rings. The number of nitrogens with zero attached hydrogens (tertiary/aromatic N) is 1. The number of hydrogen-bond acceptors (Lipinski definition) is 4. The number of rotatable bonds is 3. The van der Waals surface area contributed by atoms with Crippen LogP contribution < -0.4 is 5.32 Å². The number of benzene rings is 1. The van der Waals surface area contributed by atoms with E-state index in [9.17, 15) is 13.2 Å². The molecule has 1 heterocycles. The van der Waals surface area contributed by atoms with E-state index in [0.717, 1.165) is 6.26 Å². The van der Waals surface area contributed by atoms with Crippen molar-refractivity contribution in [1.82, 2.24) is 4.98 Å².